The van der Waals surface area contributed by atoms with Crippen LogP contribution in [0, 0.1) is 5.41 Å². The second-order valence-corrected chi connectivity index (χ2v) is 5.94. The number of likely N-dealkylation sites (tertiary alicyclic amines) is 1. The maximum atomic E-state index is 5.60. The van der Waals surface area contributed by atoms with Crippen molar-refractivity contribution in [1.82, 2.24) is 25.0 Å². The van der Waals surface area contributed by atoms with Crippen molar-refractivity contribution in [2.75, 3.05) is 32.8 Å². The summed E-state index contributed by atoms with van der Waals surface area (Å²) >= 11 is 0. The van der Waals surface area contributed by atoms with E-state index in [4.69, 9.17) is 9.73 Å². The quantitative estimate of drug-likeness (QED) is 0.449. The molecule has 1 spiro atoms. The smallest absolute Gasteiger partial charge is 0.194 e. The van der Waals surface area contributed by atoms with Gasteiger partial charge in [-0.15, -0.1) is 24.0 Å². The van der Waals surface area contributed by atoms with E-state index in [1.165, 1.54) is 12.8 Å². The number of halogens is 1. The average Bonchev–Trinajstić information content (AvgIpc) is 3.19. The van der Waals surface area contributed by atoms with Crippen LogP contribution < -0.4 is 5.32 Å². The number of aliphatic imine (C=N–C) groups is 1. The van der Waals surface area contributed by atoms with Gasteiger partial charge in [0.2, 0.25) is 0 Å². The van der Waals surface area contributed by atoms with E-state index in [9.17, 15) is 0 Å². The molecule has 0 bridgehead atoms. The molecule has 1 atom stereocenters. The van der Waals surface area contributed by atoms with Gasteiger partial charge in [0.25, 0.3) is 0 Å². The number of nitrogens with zero attached hydrogens (tertiary/aromatic N) is 5. The predicted octanol–water partition coefficient (Wildman–Crippen LogP) is 1.01. The molecule has 2 saturated heterocycles. The largest absolute Gasteiger partial charge is 0.381 e. The highest BCUT2D eigenvalue weighted by atomic mass is 127. The Hall–Kier alpha value is -0.900. The fraction of sp³-hybridized carbons (Fsp3) is 0.786. The Balaban J connectivity index is 0.00000176. The fourth-order valence-corrected chi connectivity index (χ4v) is 3.12. The number of aromatic nitrogens is 3. The summed E-state index contributed by atoms with van der Waals surface area (Å²) < 4.78 is 7.36. The second-order valence-electron chi connectivity index (χ2n) is 5.94. The molecule has 0 saturated carbocycles. The Morgan fingerprint density at radius 3 is 3.00 bits per heavy atom. The summed E-state index contributed by atoms with van der Waals surface area (Å²) in [5.41, 5.74) is 0.348. The van der Waals surface area contributed by atoms with Crippen LogP contribution in [0.15, 0.2) is 11.3 Å². The van der Waals surface area contributed by atoms with Crippen LogP contribution in [0.4, 0.5) is 0 Å². The Morgan fingerprint density at radius 2 is 2.36 bits per heavy atom. The lowest BCUT2D eigenvalue weighted by Gasteiger charge is -2.24. The van der Waals surface area contributed by atoms with Crippen molar-refractivity contribution in [2.24, 2.45) is 17.5 Å². The van der Waals surface area contributed by atoms with Gasteiger partial charge in [-0.05, 0) is 19.8 Å². The Labute approximate surface area is 148 Å². The van der Waals surface area contributed by atoms with Gasteiger partial charge in [0.1, 0.15) is 18.7 Å². The van der Waals surface area contributed by atoms with E-state index >= 15 is 0 Å². The molecule has 7 nitrogen and oxygen atoms in total. The maximum absolute atomic E-state index is 5.60. The Bertz CT molecular complexity index is 511. The standard InChI is InChI=1S/C14H24N6O.HI/c1-3-15-13(16-8-12-17-11-18-19(12)2)20-6-4-14(9-20)5-7-21-10-14;/h11H,3-10H2,1-2H3,(H,15,16);1H. The van der Waals surface area contributed by atoms with Crippen molar-refractivity contribution >= 4 is 29.9 Å². The van der Waals surface area contributed by atoms with Crippen LogP contribution in [0.25, 0.3) is 0 Å². The first-order valence-corrected chi connectivity index (χ1v) is 7.66. The number of rotatable bonds is 3. The number of hydrogen-bond donors (Lipinski definition) is 1. The third kappa shape index (κ3) is 3.70. The summed E-state index contributed by atoms with van der Waals surface area (Å²) in [5.74, 6) is 1.85. The molecule has 1 aromatic heterocycles. The SMILES string of the molecule is CCNC(=NCc1ncnn1C)N1CCC2(CCOC2)C1.I. The summed E-state index contributed by atoms with van der Waals surface area (Å²) in [7, 11) is 1.89. The lowest BCUT2D eigenvalue weighted by atomic mass is 9.87. The van der Waals surface area contributed by atoms with E-state index < -0.39 is 0 Å². The van der Waals surface area contributed by atoms with Crippen LogP contribution in [0.1, 0.15) is 25.6 Å². The van der Waals surface area contributed by atoms with Crippen molar-refractivity contribution in [3.8, 4) is 0 Å². The van der Waals surface area contributed by atoms with E-state index in [1.807, 2.05) is 7.05 Å². The van der Waals surface area contributed by atoms with Gasteiger partial charge < -0.3 is 15.0 Å². The molecule has 2 fully saturated rings. The molecule has 8 heteroatoms. The van der Waals surface area contributed by atoms with Gasteiger partial charge in [-0.2, -0.15) is 5.10 Å². The molecule has 1 N–H and O–H groups in total. The monoisotopic (exact) mass is 420 g/mol. The summed E-state index contributed by atoms with van der Waals surface area (Å²) in [5, 5.41) is 7.47. The molecule has 3 heterocycles. The van der Waals surface area contributed by atoms with E-state index in [-0.39, 0.29) is 24.0 Å². The van der Waals surface area contributed by atoms with Gasteiger partial charge in [-0.3, -0.25) is 4.68 Å². The molecule has 0 aliphatic carbocycles. The van der Waals surface area contributed by atoms with Crippen LogP contribution in [-0.2, 0) is 18.3 Å². The maximum Gasteiger partial charge on any atom is 0.194 e. The number of nitrogens with one attached hydrogen (secondary N) is 1. The zero-order valence-corrected chi connectivity index (χ0v) is 15.6. The molecule has 1 aromatic rings. The van der Waals surface area contributed by atoms with Crippen LogP contribution in [0.3, 0.4) is 0 Å². The van der Waals surface area contributed by atoms with E-state index in [1.54, 1.807) is 11.0 Å². The topological polar surface area (TPSA) is 67.6 Å². The number of ether oxygens (including phenoxy) is 1. The van der Waals surface area contributed by atoms with Crippen molar-refractivity contribution in [3.05, 3.63) is 12.2 Å². The summed E-state index contributed by atoms with van der Waals surface area (Å²) in [4.78, 5) is 11.3. The van der Waals surface area contributed by atoms with E-state index in [0.717, 1.165) is 44.6 Å². The van der Waals surface area contributed by atoms with Crippen LogP contribution in [0.5, 0.6) is 0 Å². The fourth-order valence-electron chi connectivity index (χ4n) is 3.12. The molecule has 3 rings (SSSR count). The molecule has 0 amide bonds. The molecule has 2 aliphatic heterocycles. The van der Waals surface area contributed by atoms with Crippen LogP contribution >= 0.6 is 24.0 Å². The molecule has 2 aliphatic rings. The molecular formula is C14H25IN6O. The highest BCUT2D eigenvalue weighted by Gasteiger charge is 2.42. The summed E-state index contributed by atoms with van der Waals surface area (Å²) in [6, 6.07) is 0. The van der Waals surface area contributed by atoms with Crippen molar-refractivity contribution in [3.63, 3.8) is 0 Å². The number of guanidine groups is 1. The predicted molar refractivity (Wildman–Crippen MR) is 95.3 cm³/mol. The van der Waals surface area contributed by atoms with Gasteiger partial charge in [-0.25, -0.2) is 9.98 Å². The van der Waals surface area contributed by atoms with Gasteiger partial charge in [0.05, 0.1) is 6.61 Å². The highest BCUT2D eigenvalue weighted by Crippen LogP contribution is 2.38. The van der Waals surface area contributed by atoms with Crippen molar-refractivity contribution < 1.29 is 4.74 Å². The third-order valence-corrected chi connectivity index (χ3v) is 4.43. The average molecular weight is 420 g/mol. The number of hydrogen-bond acceptors (Lipinski definition) is 4. The first-order chi connectivity index (χ1) is 10.2. The van der Waals surface area contributed by atoms with Crippen LogP contribution in [-0.4, -0.2) is 58.5 Å². The normalized spacial score (nSPS) is 24.8. The molecule has 124 valence electrons. The molecule has 1 unspecified atom stereocenters. The minimum Gasteiger partial charge on any atom is -0.381 e. The summed E-state index contributed by atoms with van der Waals surface area (Å²) in [6.07, 6.45) is 3.94. The Morgan fingerprint density at radius 1 is 1.50 bits per heavy atom. The van der Waals surface area contributed by atoms with E-state index in [2.05, 4.69) is 27.2 Å². The summed E-state index contributed by atoms with van der Waals surface area (Å²) in [6.45, 7) is 7.41. The zero-order valence-electron chi connectivity index (χ0n) is 13.3. The zero-order chi connectivity index (χ0) is 14.7. The molecule has 22 heavy (non-hydrogen) atoms. The van der Waals surface area contributed by atoms with Gasteiger partial charge in [0, 0.05) is 38.7 Å². The van der Waals surface area contributed by atoms with Gasteiger partial charge in [0.15, 0.2) is 5.96 Å². The second kappa shape index (κ2) is 7.58. The highest BCUT2D eigenvalue weighted by molar-refractivity contribution is 14.0. The minimum absolute atomic E-state index is 0. The van der Waals surface area contributed by atoms with E-state index in [0.29, 0.717) is 12.0 Å². The Kier molecular flexibility index (Phi) is 6.01. The van der Waals surface area contributed by atoms with Gasteiger partial charge in [-0.1, -0.05) is 0 Å². The van der Waals surface area contributed by atoms with Crippen molar-refractivity contribution in [2.45, 2.75) is 26.3 Å². The lowest BCUT2D eigenvalue weighted by molar-refractivity contribution is 0.156. The lowest BCUT2D eigenvalue weighted by Crippen LogP contribution is -2.41. The first-order valence-electron chi connectivity index (χ1n) is 7.66. The van der Waals surface area contributed by atoms with Gasteiger partial charge >= 0.3 is 0 Å². The minimum atomic E-state index is 0. The molecular weight excluding hydrogens is 395 g/mol. The molecule has 0 radical (unpaired) electrons. The van der Waals surface area contributed by atoms with Crippen LogP contribution in [0.2, 0.25) is 0 Å². The third-order valence-electron chi connectivity index (χ3n) is 4.43. The number of aryl methyl sites for hydroxylation is 1. The first kappa shape index (κ1) is 17.5. The molecule has 0 aromatic carbocycles. The van der Waals surface area contributed by atoms with Crippen molar-refractivity contribution in [1.29, 1.82) is 0 Å².